The van der Waals surface area contributed by atoms with E-state index in [9.17, 15) is 0 Å². The quantitative estimate of drug-likeness (QED) is 0.774. The fraction of sp³-hybridized carbons (Fsp3) is 0.125. The van der Waals surface area contributed by atoms with Gasteiger partial charge in [0.15, 0.2) is 0 Å². The minimum atomic E-state index is 0.624. The molecular weight excluding hydrogens is 248 g/mol. The van der Waals surface area contributed by atoms with Crippen LogP contribution in [-0.2, 0) is 7.05 Å². The maximum absolute atomic E-state index is 6.16. The molecule has 0 radical (unpaired) electrons. The van der Waals surface area contributed by atoms with E-state index < -0.39 is 0 Å². The average molecular weight is 264 g/mol. The van der Waals surface area contributed by atoms with Crippen molar-refractivity contribution in [2.24, 2.45) is 7.05 Å². The summed E-state index contributed by atoms with van der Waals surface area (Å²) in [7, 11) is 1.85. The van der Waals surface area contributed by atoms with Gasteiger partial charge in [-0.2, -0.15) is 5.10 Å². The summed E-state index contributed by atoms with van der Waals surface area (Å²) in [5.74, 6) is 0.624. The topological polar surface area (TPSA) is 56.7 Å². The summed E-state index contributed by atoms with van der Waals surface area (Å²) in [5.41, 5.74) is 11.0. The first-order valence-electron chi connectivity index (χ1n) is 6.47. The summed E-state index contributed by atoms with van der Waals surface area (Å²) < 4.78 is 1.69. The molecule has 0 fully saturated rings. The molecule has 1 aromatic carbocycles. The fourth-order valence-electron chi connectivity index (χ4n) is 2.21. The molecule has 20 heavy (non-hydrogen) atoms. The summed E-state index contributed by atoms with van der Waals surface area (Å²) in [4.78, 5) is 4.39. The highest BCUT2D eigenvalue weighted by molar-refractivity contribution is 5.86. The first kappa shape index (κ1) is 12.4. The highest BCUT2D eigenvalue weighted by atomic mass is 15.3. The number of anilines is 1. The Hall–Kier alpha value is -2.62. The Morgan fingerprint density at radius 1 is 1.05 bits per heavy atom. The van der Waals surface area contributed by atoms with E-state index in [0.717, 1.165) is 22.5 Å². The van der Waals surface area contributed by atoms with Crippen LogP contribution in [0.5, 0.6) is 0 Å². The van der Waals surface area contributed by atoms with Gasteiger partial charge in [0.2, 0.25) is 0 Å². The Morgan fingerprint density at radius 3 is 2.45 bits per heavy atom. The second-order valence-electron chi connectivity index (χ2n) is 4.81. The lowest BCUT2D eigenvalue weighted by Gasteiger charge is -2.03. The van der Waals surface area contributed by atoms with Gasteiger partial charge in [-0.3, -0.25) is 9.67 Å². The van der Waals surface area contributed by atoms with Gasteiger partial charge < -0.3 is 5.73 Å². The van der Waals surface area contributed by atoms with Gasteiger partial charge in [0.1, 0.15) is 11.5 Å². The number of nitrogens with zero attached hydrogens (tertiary/aromatic N) is 3. The van der Waals surface area contributed by atoms with Crippen LogP contribution in [0.4, 0.5) is 5.82 Å². The van der Waals surface area contributed by atoms with Gasteiger partial charge in [-0.15, -0.1) is 0 Å². The Kier molecular flexibility index (Phi) is 2.99. The number of rotatable bonds is 2. The fourth-order valence-corrected chi connectivity index (χ4v) is 2.21. The zero-order valence-corrected chi connectivity index (χ0v) is 11.5. The van der Waals surface area contributed by atoms with E-state index in [1.54, 1.807) is 10.9 Å². The van der Waals surface area contributed by atoms with Crippen LogP contribution in [0.25, 0.3) is 22.5 Å². The molecule has 0 aliphatic carbocycles. The van der Waals surface area contributed by atoms with Crippen LogP contribution in [0, 0.1) is 6.92 Å². The van der Waals surface area contributed by atoms with Crippen molar-refractivity contribution < 1.29 is 0 Å². The SMILES string of the molecule is Cc1ccc(-c2nn(C)c(N)c2-c2ccccn2)cc1. The van der Waals surface area contributed by atoms with Crippen molar-refractivity contribution in [3.63, 3.8) is 0 Å². The van der Waals surface area contributed by atoms with Crippen molar-refractivity contribution in [1.29, 1.82) is 0 Å². The van der Waals surface area contributed by atoms with Crippen molar-refractivity contribution in [3.05, 3.63) is 54.2 Å². The normalized spacial score (nSPS) is 10.7. The molecule has 0 aliphatic rings. The molecule has 3 rings (SSSR count). The minimum absolute atomic E-state index is 0.624. The second kappa shape index (κ2) is 4.81. The molecule has 0 atom stereocenters. The maximum Gasteiger partial charge on any atom is 0.131 e. The predicted molar refractivity (Wildman–Crippen MR) is 81.0 cm³/mol. The number of benzene rings is 1. The van der Waals surface area contributed by atoms with E-state index in [2.05, 4.69) is 41.3 Å². The molecule has 100 valence electrons. The first-order valence-corrected chi connectivity index (χ1v) is 6.47. The van der Waals surface area contributed by atoms with E-state index >= 15 is 0 Å². The summed E-state index contributed by atoms with van der Waals surface area (Å²) in [6.07, 6.45) is 1.76. The molecular formula is C16H16N4. The third-order valence-corrected chi connectivity index (χ3v) is 3.34. The first-order chi connectivity index (χ1) is 9.66. The molecule has 4 heteroatoms. The van der Waals surface area contributed by atoms with Crippen LogP contribution in [-0.4, -0.2) is 14.8 Å². The van der Waals surface area contributed by atoms with Crippen LogP contribution in [0.1, 0.15) is 5.56 Å². The summed E-state index contributed by atoms with van der Waals surface area (Å²) >= 11 is 0. The third kappa shape index (κ3) is 2.05. The number of aromatic nitrogens is 3. The molecule has 4 nitrogen and oxygen atoms in total. The molecule has 0 aliphatic heterocycles. The largest absolute Gasteiger partial charge is 0.383 e. The standard InChI is InChI=1S/C16H16N4/c1-11-6-8-12(9-7-11)15-14(16(17)20(2)19-15)13-5-3-4-10-18-13/h3-10H,17H2,1-2H3. The van der Waals surface area contributed by atoms with Crippen LogP contribution >= 0.6 is 0 Å². The summed E-state index contributed by atoms with van der Waals surface area (Å²) in [6.45, 7) is 2.07. The number of hydrogen-bond acceptors (Lipinski definition) is 3. The Balaban J connectivity index is 2.22. The monoisotopic (exact) mass is 264 g/mol. The van der Waals surface area contributed by atoms with Crippen molar-refractivity contribution in [1.82, 2.24) is 14.8 Å². The van der Waals surface area contributed by atoms with Gasteiger partial charge in [0.25, 0.3) is 0 Å². The Labute approximate surface area is 117 Å². The van der Waals surface area contributed by atoms with Gasteiger partial charge in [-0.1, -0.05) is 35.9 Å². The molecule has 2 heterocycles. The number of nitrogen functional groups attached to an aromatic ring is 1. The molecule has 2 aromatic heterocycles. The van der Waals surface area contributed by atoms with Gasteiger partial charge in [0.05, 0.1) is 11.3 Å². The van der Waals surface area contributed by atoms with Gasteiger partial charge in [-0.05, 0) is 19.1 Å². The number of pyridine rings is 1. The maximum atomic E-state index is 6.16. The molecule has 0 saturated carbocycles. The number of hydrogen-bond donors (Lipinski definition) is 1. The molecule has 0 bridgehead atoms. The van der Waals surface area contributed by atoms with Crippen LogP contribution < -0.4 is 5.73 Å². The summed E-state index contributed by atoms with van der Waals surface area (Å²) in [6, 6.07) is 14.1. The zero-order chi connectivity index (χ0) is 14.1. The van der Waals surface area contributed by atoms with Crippen molar-refractivity contribution in [2.45, 2.75) is 6.92 Å². The molecule has 0 unspecified atom stereocenters. The molecule has 0 amide bonds. The van der Waals surface area contributed by atoms with E-state index in [-0.39, 0.29) is 0 Å². The third-order valence-electron chi connectivity index (χ3n) is 3.34. The van der Waals surface area contributed by atoms with Gasteiger partial charge in [-0.25, -0.2) is 0 Å². The summed E-state index contributed by atoms with van der Waals surface area (Å²) in [5, 5.41) is 4.54. The van der Waals surface area contributed by atoms with Gasteiger partial charge >= 0.3 is 0 Å². The molecule has 0 spiro atoms. The zero-order valence-electron chi connectivity index (χ0n) is 11.5. The van der Waals surface area contributed by atoms with Crippen molar-refractivity contribution >= 4 is 5.82 Å². The van der Waals surface area contributed by atoms with Crippen molar-refractivity contribution in [2.75, 3.05) is 5.73 Å². The van der Waals surface area contributed by atoms with Crippen LogP contribution in [0.15, 0.2) is 48.7 Å². The smallest absolute Gasteiger partial charge is 0.131 e. The van der Waals surface area contributed by atoms with Crippen LogP contribution in [0.3, 0.4) is 0 Å². The highest BCUT2D eigenvalue weighted by Gasteiger charge is 2.17. The lowest BCUT2D eigenvalue weighted by Crippen LogP contribution is -1.98. The molecule has 0 saturated heterocycles. The van der Waals surface area contributed by atoms with E-state index in [1.807, 2.05) is 25.2 Å². The predicted octanol–water partition coefficient (Wildman–Crippen LogP) is 3.04. The van der Waals surface area contributed by atoms with E-state index in [1.165, 1.54) is 5.56 Å². The Morgan fingerprint density at radius 2 is 1.80 bits per heavy atom. The van der Waals surface area contributed by atoms with Crippen molar-refractivity contribution in [3.8, 4) is 22.5 Å². The van der Waals surface area contributed by atoms with Gasteiger partial charge in [0, 0.05) is 18.8 Å². The average Bonchev–Trinajstić information content (AvgIpc) is 2.77. The van der Waals surface area contributed by atoms with E-state index in [0.29, 0.717) is 5.82 Å². The highest BCUT2D eigenvalue weighted by Crippen LogP contribution is 2.34. The molecule has 3 aromatic rings. The van der Waals surface area contributed by atoms with E-state index in [4.69, 9.17) is 5.73 Å². The lowest BCUT2D eigenvalue weighted by molar-refractivity contribution is 0.782. The minimum Gasteiger partial charge on any atom is -0.383 e. The Bertz CT molecular complexity index is 727. The molecule has 2 N–H and O–H groups in total. The lowest BCUT2D eigenvalue weighted by atomic mass is 10.0. The number of aryl methyl sites for hydroxylation is 2. The van der Waals surface area contributed by atoms with Crippen LogP contribution in [0.2, 0.25) is 0 Å². The second-order valence-corrected chi connectivity index (χ2v) is 4.81. The number of nitrogens with two attached hydrogens (primary N) is 1.